The molecule has 1 heterocycles. The molecule has 0 aromatic heterocycles. The Labute approximate surface area is 126 Å². The number of hydrogen-bond acceptors (Lipinski definition) is 5. The highest BCUT2D eigenvalue weighted by Gasteiger charge is 2.16. The third-order valence-electron chi connectivity index (χ3n) is 3.55. The van der Waals surface area contributed by atoms with Crippen LogP contribution < -0.4 is 15.0 Å². The molecule has 0 bridgehead atoms. The second-order valence-electron chi connectivity index (χ2n) is 4.78. The predicted molar refractivity (Wildman–Crippen MR) is 86.9 cm³/mol. The maximum Gasteiger partial charge on any atom is 0.142 e. The third-order valence-corrected chi connectivity index (χ3v) is 4.79. The zero-order valence-electron chi connectivity index (χ0n) is 12.7. The van der Waals surface area contributed by atoms with Crippen molar-refractivity contribution >= 4 is 17.6 Å². The Kier molecular flexibility index (Phi) is 6.01. The second kappa shape index (κ2) is 7.76. The molecule has 0 aliphatic carbocycles. The minimum absolute atomic E-state index is 0.968. The van der Waals surface area contributed by atoms with Crippen LogP contribution in [0.2, 0.25) is 0 Å². The fourth-order valence-corrected chi connectivity index (χ4v) is 3.23. The molecule has 1 aliphatic heterocycles. The summed E-state index contributed by atoms with van der Waals surface area (Å²) in [6.45, 7) is 10.6. The molecule has 1 aliphatic rings. The Morgan fingerprint density at radius 3 is 2.55 bits per heavy atom. The van der Waals surface area contributed by atoms with Crippen molar-refractivity contribution in [2.75, 3.05) is 51.3 Å². The average Bonchev–Trinajstić information content (AvgIpc) is 2.53. The summed E-state index contributed by atoms with van der Waals surface area (Å²) in [6, 6.07) is 6.49. The van der Waals surface area contributed by atoms with E-state index < -0.39 is 0 Å². The third kappa shape index (κ3) is 3.81. The maximum atomic E-state index is 5.53. The molecule has 0 radical (unpaired) electrons. The highest BCUT2D eigenvalue weighted by Crippen LogP contribution is 2.34. The van der Waals surface area contributed by atoms with Gasteiger partial charge in [-0.15, -0.1) is 0 Å². The van der Waals surface area contributed by atoms with Crippen molar-refractivity contribution in [2.24, 2.45) is 0 Å². The van der Waals surface area contributed by atoms with Gasteiger partial charge in [-0.3, -0.25) is 0 Å². The summed E-state index contributed by atoms with van der Waals surface area (Å²) in [5.41, 5.74) is 1.21. The van der Waals surface area contributed by atoms with Crippen molar-refractivity contribution in [3.8, 4) is 5.75 Å². The summed E-state index contributed by atoms with van der Waals surface area (Å²) in [7, 11) is 1.75. The lowest BCUT2D eigenvalue weighted by molar-refractivity contribution is 0.412. The average molecular weight is 295 g/mol. The van der Waals surface area contributed by atoms with Gasteiger partial charge >= 0.3 is 0 Å². The smallest absolute Gasteiger partial charge is 0.142 e. The van der Waals surface area contributed by atoms with E-state index in [1.54, 1.807) is 7.11 Å². The van der Waals surface area contributed by atoms with Crippen molar-refractivity contribution in [1.82, 2.24) is 9.62 Å². The normalized spacial score (nSPS) is 15.7. The molecule has 0 saturated carbocycles. The van der Waals surface area contributed by atoms with Gasteiger partial charge in [0.15, 0.2) is 0 Å². The quantitative estimate of drug-likeness (QED) is 0.814. The Bertz CT molecular complexity index is 418. The molecule has 1 fully saturated rings. The lowest BCUT2D eigenvalue weighted by Crippen LogP contribution is -2.43. The monoisotopic (exact) mass is 295 g/mol. The van der Waals surface area contributed by atoms with Crippen molar-refractivity contribution in [3.63, 3.8) is 0 Å². The molecule has 2 rings (SSSR count). The van der Waals surface area contributed by atoms with Gasteiger partial charge < -0.3 is 15.0 Å². The van der Waals surface area contributed by atoms with E-state index in [1.807, 2.05) is 11.9 Å². The first-order chi connectivity index (χ1) is 9.78. The van der Waals surface area contributed by atoms with Gasteiger partial charge in [0.1, 0.15) is 5.75 Å². The molecule has 20 heavy (non-hydrogen) atoms. The summed E-state index contributed by atoms with van der Waals surface area (Å²) in [6.07, 6.45) is 0. The zero-order valence-corrected chi connectivity index (χ0v) is 13.5. The van der Waals surface area contributed by atoms with E-state index in [1.165, 1.54) is 10.6 Å². The van der Waals surface area contributed by atoms with Gasteiger partial charge in [-0.2, -0.15) is 0 Å². The number of piperazine rings is 1. The molecule has 0 amide bonds. The molecule has 1 N–H and O–H groups in total. The molecular weight excluding hydrogens is 270 g/mol. The lowest BCUT2D eigenvalue weighted by atomic mass is 10.2. The number of anilines is 1. The predicted octanol–water partition coefficient (Wildman–Crippen LogP) is 2.45. The highest BCUT2D eigenvalue weighted by atomic mass is 32.2. The molecule has 1 aromatic carbocycles. The lowest BCUT2D eigenvalue weighted by Gasteiger charge is -2.31. The summed E-state index contributed by atoms with van der Waals surface area (Å²) < 4.78 is 7.88. The second-order valence-corrected chi connectivity index (χ2v) is 5.95. The molecule has 0 atom stereocenters. The van der Waals surface area contributed by atoms with E-state index in [0.29, 0.717) is 0 Å². The van der Waals surface area contributed by atoms with Crippen molar-refractivity contribution in [2.45, 2.75) is 18.7 Å². The number of ether oxygens (including phenoxy) is 1. The van der Waals surface area contributed by atoms with Gasteiger partial charge in [-0.25, -0.2) is 4.31 Å². The first-order valence-corrected chi connectivity index (χ1v) is 8.12. The first-order valence-electron chi connectivity index (χ1n) is 7.35. The Balaban J connectivity index is 2.19. The largest absolute Gasteiger partial charge is 0.495 e. The minimum Gasteiger partial charge on any atom is -0.495 e. The number of benzene rings is 1. The Morgan fingerprint density at radius 1 is 1.25 bits per heavy atom. The van der Waals surface area contributed by atoms with Gasteiger partial charge in [-0.1, -0.05) is 13.8 Å². The first kappa shape index (κ1) is 15.5. The standard InChI is InChI=1S/C15H25N3OS/c1-4-18(5-2)20-13-6-7-15(19-3)14(12-13)17-10-8-16-9-11-17/h6-7,12,16H,4-5,8-11H2,1-3H3. The van der Waals surface area contributed by atoms with Crippen LogP contribution in [0.1, 0.15) is 13.8 Å². The van der Waals surface area contributed by atoms with Crippen LogP contribution in [-0.4, -0.2) is 50.7 Å². The van der Waals surface area contributed by atoms with Crippen LogP contribution in [0.3, 0.4) is 0 Å². The van der Waals surface area contributed by atoms with E-state index in [4.69, 9.17) is 4.74 Å². The zero-order chi connectivity index (χ0) is 14.4. The molecule has 4 nitrogen and oxygen atoms in total. The summed E-state index contributed by atoms with van der Waals surface area (Å²) >= 11 is 1.82. The van der Waals surface area contributed by atoms with Crippen molar-refractivity contribution in [1.29, 1.82) is 0 Å². The van der Waals surface area contributed by atoms with E-state index in [2.05, 4.69) is 46.6 Å². The van der Waals surface area contributed by atoms with Crippen molar-refractivity contribution in [3.05, 3.63) is 18.2 Å². The molecule has 112 valence electrons. The summed E-state index contributed by atoms with van der Waals surface area (Å²) in [5.74, 6) is 0.968. The summed E-state index contributed by atoms with van der Waals surface area (Å²) in [5, 5.41) is 3.39. The molecule has 1 saturated heterocycles. The summed E-state index contributed by atoms with van der Waals surface area (Å²) in [4.78, 5) is 3.68. The number of nitrogens with zero attached hydrogens (tertiary/aromatic N) is 2. The molecule has 5 heteroatoms. The van der Waals surface area contributed by atoms with E-state index >= 15 is 0 Å². The topological polar surface area (TPSA) is 27.7 Å². The Hall–Kier alpha value is -0.910. The molecular formula is C15H25N3OS. The fourth-order valence-electron chi connectivity index (χ4n) is 2.38. The van der Waals surface area contributed by atoms with Crippen LogP contribution >= 0.6 is 11.9 Å². The van der Waals surface area contributed by atoms with Crippen LogP contribution in [0.4, 0.5) is 5.69 Å². The van der Waals surface area contributed by atoms with Gasteiger partial charge in [0.2, 0.25) is 0 Å². The number of rotatable bonds is 6. The van der Waals surface area contributed by atoms with Crippen LogP contribution in [0.5, 0.6) is 5.75 Å². The number of nitrogens with one attached hydrogen (secondary N) is 1. The fraction of sp³-hybridized carbons (Fsp3) is 0.600. The van der Waals surface area contributed by atoms with Crippen LogP contribution in [0, 0.1) is 0 Å². The van der Waals surface area contributed by atoms with E-state index in [0.717, 1.165) is 45.0 Å². The molecule has 0 spiro atoms. The molecule has 0 unspecified atom stereocenters. The highest BCUT2D eigenvalue weighted by molar-refractivity contribution is 7.97. The van der Waals surface area contributed by atoms with Gasteiger partial charge in [0.05, 0.1) is 12.8 Å². The number of methoxy groups -OCH3 is 1. The maximum absolute atomic E-state index is 5.53. The van der Waals surface area contributed by atoms with E-state index in [-0.39, 0.29) is 0 Å². The van der Waals surface area contributed by atoms with Crippen molar-refractivity contribution < 1.29 is 4.74 Å². The van der Waals surface area contributed by atoms with Gasteiger partial charge in [0.25, 0.3) is 0 Å². The molecule has 1 aromatic rings. The van der Waals surface area contributed by atoms with Crippen LogP contribution in [0.25, 0.3) is 0 Å². The Morgan fingerprint density at radius 2 is 1.95 bits per heavy atom. The van der Waals surface area contributed by atoms with Crippen LogP contribution in [0.15, 0.2) is 23.1 Å². The number of hydrogen-bond donors (Lipinski definition) is 1. The van der Waals surface area contributed by atoms with Gasteiger partial charge in [-0.05, 0) is 30.1 Å². The van der Waals surface area contributed by atoms with E-state index in [9.17, 15) is 0 Å². The SMILES string of the molecule is CCN(CC)Sc1ccc(OC)c(N2CCNCC2)c1. The minimum atomic E-state index is 0.968. The van der Waals surface area contributed by atoms with Crippen LogP contribution in [-0.2, 0) is 0 Å². The van der Waals surface area contributed by atoms with Gasteiger partial charge in [0, 0.05) is 44.2 Å².